The van der Waals surface area contributed by atoms with Crippen molar-refractivity contribution in [1.29, 1.82) is 0 Å². The molecule has 1 saturated heterocycles. The number of urea groups is 1. The molecule has 0 aliphatic carbocycles. The second kappa shape index (κ2) is 7.94. The van der Waals surface area contributed by atoms with Gasteiger partial charge in [0.15, 0.2) is 5.79 Å². The number of benzene rings is 1. The Balaban J connectivity index is 1.84. The maximum atomic E-state index is 13.9. The highest BCUT2D eigenvalue weighted by molar-refractivity contribution is 5.74. The van der Waals surface area contributed by atoms with Gasteiger partial charge in [0, 0.05) is 25.6 Å². The smallest absolute Gasteiger partial charge is 0.317 e. The van der Waals surface area contributed by atoms with E-state index < -0.39 is 5.79 Å². The van der Waals surface area contributed by atoms with Crippen LogP contribution in [0.25, 0.3) is 0 Å². The van der Waals surface area contributed by atoms with Crippen LogP contribution < -0.4 is 5.32 Å². The second-order valence-corrected chi connectivity index (χ2v) is 6.63. The molecule has 0 radical (unpaired) electrons. The third-order valence-corrected chi connectivity index (χ3v) is 4.48. The molecule has 5 nitrogen and oxygen atoms in total. The molecule has 134 valence electrons. The molecule has 1 aliphatic heterocycles. The summed E-state index contributed by atoms with van der Waals surface area (Å²) in [5, 5.41) is 2.90. The number of carbonyl (C=O) groups is 1. The normalized spacial score (nSPS) is 18.9. The number of amides is 2. The average Bonchev–Trinajstić information content (AvgIpc) is 2.97. The Bertz CT molecular complexity index is 561. The van der Waals surface area contributed by atoms with Crippen LogP contribution >= 0.6 is 0 Å². The Morgan fingerprint density at radius 3 is 2.58 bits per heavy atom. The van der Waals surface area contributed by atoms with Gasteiger partial charge in [0.05, 0.1) is 19.3 Å². The van der Waals surface area contributed by atoms with Crippen molar-refractivity contribution >= 4 is 6.03 Å². The summed E-state index contributed by atoms with van der Waals surface area (Å²) in [4.78, 5) is 13.8. The van der Waals surface area contributed by atoms with Gasteiger partial charge >= 0.3 is 6.03 Å². The quantitative estimate of drug-likeness (QED) is 0.866. The van der Waals surface area contributed by atoms with Crippen LogP contribution in [0.3, 0.4) is 0 Å². The second-order valence-electron chi connectivity index (χ2n) is 6.63. The molecule has 1 fully saturated rings. The van der Waals surface area contributed by atoms with Crippen molar-refractivity contribution in [1.82, 2.24) is 10.2 Å². The number of rotatable bonds is 6. The van der Waals surface area contributed by atoms with Crippen LogP contribution in [0.5, 0.6) is 0 Å². The van der Waals surface area contributed by atoms with E-state index in [1.165, 1.54) is 11.0 Å². The van der Waals surface area contributed by atoms with Crippen LogP contribution in [0.4, 0.5) is 9.18 Å². The fourth-order valence-corrected chi connectivity index (χ4v) is 2.96. The summed E-state index contributed by atoms with van der Waals surface area (Å²) in [5.74, 6) is -0.660. The van der Waals surface area contributed by atoms with E-state index >= 15 is 0 Å². The van der Waals surface area contributed by atoms with E-state index in [2.05, 4.69) is 5.32 Å². The largest absolute Gasteiger partial charge is 0.348 e. The van der Waals surface area contributed by atoms with Gasteiger partial charge in [-0.1, -0.05) is 25.1 Å². The van der Waals surface area contributed by atoms with E-state index in [-0.39, 0.29) is 23.8 Å². The first kappa shape index (κ1) is 18.7. The zero-order valence-corrected chi connectivity index (χ0v) is 14.8. The van der Waals surface area contributed by atoms with Gasteiger partial charge in [-0.2, -0.15) is 0 Å². The first-order valence-corrected chi connectivity index (χ1v) is 8.35. The van der Waals surface area contributed by atoms with Gasteiger partial charge in [0.2, 0.25) is 0 Å². The molecule has 6 heteroatoms. The lowest BCUT2D eigenvalue weighted by molar-refractivity contribution is -0.153. The monoisotopic (exact) mass is 338 g/mol. The summed E-state index contributed by atoms with van der Waals surface area (Å²) in [6, 6.07) is 5.94. The maximum absolute atomic E-state index is 13.9. The van der Waals surface area contributed by atoms with Crippen molar-refractivity contribution in [3.8, 4) is 0 Å². The van der Waals surface area contributed by atoms with Crippen molar-refractivity contribution in [2.75, 3.05) is 26.8 Å². The molecular formula is C18H27FN2O3. The van der Waals surface area contributed by atoms with Crippen LogP contribution in [0.1, 0.15) is 38.8 Å². The van der Waals surface area contributed by atoms with E-state index in [1.807, 2.05) is 20.8 Å². The van der Waals surface area contributed by atoms with Crippen LogP contribution in [0.15, 0.2) is 24.3 Å². The molecule has 1 aromatic rings. The number of halogens is 1. The average molecular weight is 338 g/mol. The van der Waals surface area contributed by atoms with Gasteiger partial charge in [-0.15, -0.1) is 0 Å². The molecule has 0 aromatic heterocycles. The molecule has 2 atom stereocenters. The molecule has 0 unspecified atom stereocenters. The molecule has 2 rings (SSSR count). The van der Waals surface area contributed by atoms with Crippen molar-refractivity contribution < 1.29 is 18.7 Å². The minimum Gasteiger partial charge on any atom is -0.348 e. The number of ether oxygens (including phenoxy) is 2. The fourth-order valence-electron chi connectivity index (χ4n) is 2.96. The minimum atomic E-state index is -0.559. The fraction of sp³-hybridized carbons (Fsp3) is 0.611. The van der Waals surface area contributed by atoms with Crippen LogP contribution in [-0.4, -0.2) is 43.5 Å². The topological polar surface area (TPSA) is 50.8 Å². The molecule has 2 amide bonds. The minimum absolute atomic E-state index is 0.203. The Morgan fingerprint density at radius 2 is 1.96 bits per heavy atom. The molecule has 1 aliphatic rings. The van der Waals surface area contributed by atoms with E-state index in [0.29, 0.717) is 31.7 Å². The molecule has 1 heterocycles. The lowest BCUT2D eigenvalue weighted by Crippen LogP contribution is -2.41. The molecule has 24 heavy (non-hydrogen) atoms. The summed E-state index contributed by atoms with van der Waals surface area (Å²) in [6.07, 6.45) is 0.708. The van der Waals surface area contributed by atoms with E-state index in [0.717, 1.165) is 0 Å². The Hall–Kier alpha value is -1.66. The summed E-state index contributed by atoms with van der Waals surface area (Å²) >= 11 is 0. The predicted molar refractivity (Wildman–Crippen MR) is 90.1 cm³/mol. The summed E-state index contributed by atoms with van der Waals surface area (Å²) in [7, 11) is 1.67. The molecule has 0 saturated carbocycles. The molecule has 1 aromatic carbocycles. The summed E-state index contributed by atoms with van der Waals surface area (Å²) in [6.45, 7) is 7.50. The zero-order valence-electron chi connectivity index (χ0n) is 14.8. The standard InChI is InChI=1S/C18H27FN2O3/c1-13(11-18(3)23-9-10-24-18)12-20-17(22)21(4)14(2)15-7-5-6-8-16(15)19/h5-8,13-14H,9-12H2,1-4H3,(H,20,22)/t13-,14+/m0/s1. The Morgan fingerprint density at radius 1 is 1.33 bits per heavy atom. The Labute approximate surface area is 143 Å². The lowest BCUT2D eigenvalue weighted by atomic mass is 10.0. The summed E-state index contributed by atoms with van der Waals surface area (Å²) in [5.41, 5.74) is 0.503. The van der Waals surface area contributed by atoms with Gasteiger partial charge in [-0.05, 0) is 25.8 Å². The van der Waals surface area contributed by atoms with Gasteiger partial charge in [0.1, 0.15) is 5.82 Å². The zero-order chi connectivity index (χ0) is 17.7. The third-order valence-electron chi connectivity index (χ3n) is 4.48. The highest BCUT2D eigenvalue weighted by Gasteiger charge is 2.32. The predicted octanol–water partition coefficient (Wildman–Crippen LogP) is 3.32. The van der Waals surface area contributed by atoms with Gasteiger partial charge in [-0.3, -0.25) is 0 Å². The molecule has 0 spiro atoms. The third kappa shape index (κ3) is 4.68. The molecule has 0 bridgehead atoms. The van der Waals surface area contributed by atoms with Crippen molar-refractivity contribution in [2.45, 2.75) is 39.0 Å². The van der Waals surface area contributed by atoms with Crippen molar-refractivity contribution in [3.63, 3.8) is 0 Å². The van der Waals surface area contributed by atoms with Crippen molar-refractivity contribution in [2.24, 2.45) is 5.92 Å². The van der Waals surface area contributed by atoms with Crippen LogP contribution in [-0.2, 0) is 9.47 Å². The number of nitrogens with one attached hydrogen (secondary N) is 1. The van der Waals surface area contributed by atoms with Crippen molar-refractivity contribution in [3.05, 3.63) is 35.6 Å². The number of hydrogen-bond donors (Lipinski definition) is 1. The summed E-state index contributed by atoms with van der Waals surface area (Å²) < 4.78 is 25.0. The first-order valence-electron chi connectivity index (χ1n) is 8.35. The van der Waals surface area contributed by atoms with E-state index in [9.17, 15) is 9.18 Å². The maximum Gasteiger partial charge on any atom is 0.317 e. The number of hydrogen-bond acceptors (Lipinski definition) is 3. The number of carbonyl (C=O) groups excluding carboxylic acids is 1. The highest BCUT2D eigenvalue weighted by atomic mass is 19.1. The Kier molecular flexibility index (Phi) is 6.18. The van der Waals surface area contributed by atoms with Gasteiger partial charge < -0.3 is 19.7 Å². The number of nitrogens with zero attached hydrogens (tertiary/aromatic N) is 1. The first-order chi connectivity index (χ1) is 11.3. The van der Waals surface area contributed by atoms with Crippen LogP contribution in [0.2, 0.25) is 0 Å². The van der Waals surface area contributed by atoms with Crippen LogP contribution in [0, 0.1) is 11.7 Å². The SMILES string of the molecule is C[C@H](CNC(=O)N(C)[C@H](C)c1ccccc1F)CC1(C)OCCO1. The highest BCUT2D eigenvalue weighted by Crippen LogP contribution is 2.26. The van der Waals surface area contributed by atoms with Gasteiger partial charge in [-0.25, -0.2) is 9.18 Å². The molecular weight excluding hydrogens is 311 g/mol. The van der Waals surface area contributed by atoms with Gasteiger partial charge in [0.25, 0.3) is 0 Å². The van der Waals surface area contributed by atoms with E-state index in [4.69, 9.17) is 9.47 Å². The molecule has 1 N–H and O–H groups in total. The van der Waals surface area contributed by atoms with E-state index in [1.54, 1.807) is 25.2 Å². The lowest BCUT2D eigenvalue weighted by Gasteiger charge is -2.28.